The largest absolute Gasteiger partial charge is 0.496 e. The van der Waals surface area contributed by atoms with Gasteiger partial charge in [0.25, 0.3) is 0 Å². The number of aryl methyl sites for hydroxylation is 1. The van der Waals surface area contributed by atoms with E-state index in [0.29, 0.717) is 12.2 Å². The second-order valence-electron chi connectivity index (χ2n) is 3.68. The Balaban J connectivity index is 2.52. The predicted octanol–water partition coefficient (Wildman–Crippen LogP) is 2.28. The molecule has 18 heavy (non-hydrogen) atoms. The first-order valence-electron chi connectivity index (χ1n) is 5.58. The summed E-state index contributed by atoms with van der Waals surface area (Å²) in [5.74, 6) is -0.795. The quantitative estimate of drug-likeness (QED) is 0.780. The van der Waals surface area contributed by atoms with Crippen LogP contribution in [0.25, 0.3) is 0 Å². The smallest absolute Gasteiger partial charge is 0.217 e. The van der Waals surface area contributed by atoms with Crippen molar-refractivity contribution in [1.29, 1.82) is 0 Å². The number of rotatable bonds is 4. The zero-order valence-corrected chi connectivity index (χ0v) is 10.2. The van der Waals surface area contributed by atoms with Gasteiger partial charge in [0.1, 0.15) is 22.8 Å². The normalized spacial score (nSPS) is 10.4. The molecule has 0 N–H and O–H groups in total. The van der Waals surface area contributed by atoms with Crippen molar-refractivity contribution in [3.63, 3.8) is 0 Å². The number of halogens is 1. The minimum Gasteiger partial charge on any atom is -0.496 e. The molecule has 0 saturated heterocycles. The second kappa shape index (κ2) is 5.00. The second-order valence-corrected chi connectivity index (χ2v) is 3.68. The molecule has 94 valence electrons. The van der Waals surface area contributed by atoms with Crippen molar-refractivity contribution in [2.75, 3.05) is 7.11 Å². The predicted molar refractivity (Wildman–Crippen MR) is 64.3 cm³/mol. The number of ether oxygens (including phenoxy) is 1. The Kier molecular flexibility index (Phi) is 3.41. The number of hydrogen-bond donors (Lipinski definition) is 0. The molecular weight excluding hydrogens is 235 g/mol. The van der Waals surface area contributed by atoms with E-state index >= 15 is 0 Å². The van der Waals surface area contributed by atoms with Gasteiger partial charge in [-0.05, 0) is 25.1 Å². The number of aromatic nitrogens is 2. The summed E-state index contributed by atoms with van der Waals surface area (Å²) in [7, 11) is 1.41. The first kappa shape index (κ1) is 12.3. The van der Waals surface area contributed by atoms with Crippen LogP contribution in [0.5, 0.6) is 5.75 Å². The van der Waals surface area contributed by atoms with Gasteiger partial charge in [-0.25, -0.2) is 4.39 Å². The van der Waals surface area contributed by atoms with E-state index in [1.807, 2.05) is 6.92 Å². The van der Waals surface area contributed by atoms with E-state index in [4.69, 9.17) is 4.74 Å². The summed E-state index contributed by atoms with van der Waals surface area (Å²) in [5.41, 5.74) is 0.288. The fourth-order valence-corrected chi connectivity index (χ4v) is 1.80. The topological polar surface area (TPSA) is 44.1 Å². The Labute approximate surface area is 104 Å². The van der Waals surface area contributed by atoms with Gasteiger partial charge < -0.3 is 4.74 Å². The monoisotopic (exact) mass is 248 g/mol. The number of benzene rings is 1. The highest BCUT2D eigenvalue weighted by Crippen LogP contribution is 2.24. The molecule has 0 aliphatic rings. The van der Waals surface area contributed by atoms with E-state index in [1.165, 1.54) is 30.1 Å². The van der Waals surface area contributed by atoms with Gasteiger partial charge in [-0.3, -0.25) is 9.48 Å². The van der Waals surface area contributed by atoms with Crippen LogP contribution in [0.2, 0.25) is 0 Å². The minimum absolute atomic E-state index is 0.0600. The summed E-state index contributed by atoms with van der Waals surface area (Å²) in [4.78, 5) is 12.3. The molecule has 0 aliphatic carbocycles. The fraction of sp³-hybridized carbons (Fsp3) is 0.231. The zero-order chi connectivity index (χ0) is 13.1. The number of methoxy groups -OCH3 is 1. The molecule has 0 amide bonds. The van der Waals surface area contributed by atoms with Crippen molar-refractivity contribution in [2.24, 2.45) is 0 Å². The Morgan fingerprint density at radius 3 is 2.89 bits per heavy atom. The molecule has 2 aromatic rings. The minimum atomic E-state index is -0.594. The lowest BCUT2D eigenvalue weighted by Gasteiger charge is -2.09. The van der Waals surface area contributed by atoms with Crippen molar-refractivity contribution in [1.82, 2.24) is 9.78 Å². The van der Waals surface area contributed by atoms with Gasteiger partial charge in [-0.2, -0.15) is 5.10 Å². The van der Waals surface area contributed by atoms with Crippen LogP contribution >= 0.6 is 0 Å². The van der Waals surface area contributed by atoms with Crippen LogP contribution < -0.4 is 4.74 Å². The summed E-state index contributed by atoms with van der Waals surface area (Å²) in [6, 6.07) is 5.87. The fourth-order valence-electron chi connectivity index (χ4n) is 1.80. The number of hydrogen-bond acceptors (Lipinski definition) is 3. The van der Waals surface area contributed by atoms with Crippen molar-refractivity contribution in [3.05, 3.63) is 47.5 Å². The number of carbonyl (C=O) groups is 1. The lowest BCUT2D eigenvalue weighted by molar-refractivity contribution is 0.102. The average Bonchev–Trinajstić information content (AvgIpc) is 2.85. The molecule has 0 unspecified atom stereocenters. The van der Waals surface area contributed by atoms with E-state index in [0.717, 1.165) is 0 Å². The third-order valence-electron chi connectivity index (χ3n) is 2.67. The van der Waals surface area contributed by atoms with E-state index < -0.39 is 11.6 Å². The first-order chi connectivity index (χ1) is 8.69. The Hall–Kier alpha value is -2.17. The maximum Gasteiger partial charge on any atom is 0.217 e. The summed E-state index contributed by atoms with van der Waals surface area (Å²) in [6.45, 7) is 2.41. The third-order valence-corrected chi connectivity index (χ3v) is 2.67. The van der Waals surface area contributed by atoms with Gasteiger partial charge in [0.15, 0.2) is 0 Å². The van der Waals surface area contributed by atoms with Crippen LogP contribution in [0.1, 0.15) is 23.0 Å². The zero-order valence-electron chi connectivity index (χ0n) is 10.2. The van der Waals surface area contributed by atoms with E-state index in [2.05, 4.69) is 5.10 Å². The number of carbonyl (C=O) groups excluding carboxylic acids is 1. The summed E-state index contributed by atoms with van der Waals surface area (Å²) in [6.07, 6.45) is 1.52. The van der Waals surface area contributed by atoms with Crippen molar-refractivity contribution >= 4 is 5.78 Å². The standard InChI is InChI=1S/C13H13FN2O2/c1-3-16-10(7-8-15-16)13(17)12-9(14)5-4-6-11(12)18-2/h4-8H,3H2,1-2H3. The van der Waals surface area contributed by atoms with Crippen LogP contribution in [-0.2, 0) is 6.54 Å². The van der Waals surface area contributed by atoms with Crippen molar-refractivity contribution in [3.8, 4) is 5.75 Å². The Morgan fingerprint density at radius 2 is 2.22 bits per heavy atom. The van der Waals surface area contributed by atoms with Gasteiger partial charge in [0.2, 0.25) is 5.78 Å². The van der Waals surface area contributed by atoms with E-state index in [9.17, 15) is 9.18 Å². The Bertz CT molecular complexity index is 578. The molecule has 0 aliphatic heterocycles. The van der Waals surface area contributed by atoms with Crippen molar-refractivity contribution < 1.29 is 13.9 Å². The molecule has 1 aromatic carbocycles. The molecule has 0 saturated carbocycles. The van der Waals surface area contributed by atoms with Crippen LogP contribution in [-0.4, -0.2) is 22.7 Å². The maximum atomic E-state index is 13.8. The molecule has 0 radical (unpaired) electrons. The molecule has 0 atom stereocenters. The van der Waals surface area contributed by atoms with E-state index in [-0.39, 0.29) is 11.3 Å². The maximum absolute atomic E-state index is 13.8. The highest BCUT2D eigenvalue weighted by Gasteiger charge is 2.21. The third kappa shape index (κ3) is 1.99. The highest BCUT2D eigenvalue weighted by atomic mass is 19.1. The summed E-state index contributed by atoms with van der Waals surface area (Å²) < 4.78 is 20.3. The summed E-state index contributed by atoms with van der Waals surface area (Å²) in [5, 5.41) is 4.00. The SMILES string of the molecule is CCn1nccc1C(=O)c1c(F)cccc1OC. The molecule has 1 aromatic heterocycles. The molecule has 5 heteroatoms. The van der Waals surface area contributed by atoms with Crippen LogP contribution in [0, 0.1) is 5.82 Å². The van der Waals surface area contributed by atoms with Gasteiger partial charge in [-0.15, -0.1) is 0 Å². The molecule has 4 nitrogen and oxygen atoms in total. The molecule has 2 rings (SSSR count). The molecule has 0 fully saturated rings. The van der Waals surface area contributed by atoms with Gasteiger partial charge >= 0.3 is 0 Å². The lowest BCUT2D eigenvalue weighted by atomic mass is 10.1. The molecule has 0 spiro atoms. The van der Waals surface area contributed by atoms with Gasteiger partial charge in [0, 0.05) is 12.7 Å². The molecular formula is C13H13FN2O2. The molecule has 1 heterocycles. The number of ketones is 1. The van der Waals surface area contributed by atoms with Crippen LogP contribution in [0.3, 0.4) is 0 Å². The first-order valence-corrected chi connectivity index (χ1v) is 5.58. The van der Waals surface area contributed by atoms with Crippen LogP contribution in [0.15, 0.2) is 30.5 Å². The van der Waals surface area contributed by atoms with Gasteiger partial charge in [-0.1, -0.05) is 6.07 Å². The van der Waals surface area contributed by atoms with Gasteiger partial charge in [0.05, 0.1) is 7.11 Å². The highest BCUT2D eigenvalue weighted by molar-refractivity contribution is 6.09. The summed E-state index contributed by atoms with van der Waals surface area (Å²) >= 11 is 0. The molecule has 0 bridgehead atoms. The van der Waals surface area contributed by atoms with Crippen molar-refractivity contribution in [2.45, 2.75) is 13.5 Å². The van der Waals surface area contributed by atoms with Crippen LogP contribution in [0.4, 0.5) is 4.39 Å². The lowest BCUT2D eigenvalue weighted by Crippen LogP contribution is -2.13. The number of nitrogens with zero attached hydrogens (tertiary/aromatic N) is 2. The average molecular weight is 248 g/mol. The Morgan fingerprint density at radius 1 is 1.44 bits per heavy atom. The van der Waals surface area contributed by atoms with E-state index in [1.54, 1.807) is 12.1 Å².